The largest absolute Gasteiger partial charge is 0.465 e. The zero-order valence-corrected chi connectivity index (χ0v) is 15.8. The molecular weight excluding hydrogens is 356 g/mol. The lowest BCUT2D eigenvalue weighted by atomic mass is 10.1. The Morgan fingerprint density at radius 2 is 1.75 bits per heavy atom. The number of nitrogens with one attached hydrogen (secondary N) is 2. The first-order valence-electron chi connectivity index (χ1n) is 8.83. The third-order valence-corrected chi connectivity index (χ3v) is 3.98. The second-order valence-electron chi connectivity index (χ2n) is 5.91. The highest BCUT2D eigenvalue weighted by Crippen LogP contribution is 2.25. The lowest BCUT2D eigenvalue weighted by Gasteiger charge is -2.13. The normalized spacial score (nSPS) is 10.4. The van der Waals surface area contributed by atoms with Crippen LogP contribution in [0.15, 0.2) is 60.7 Å². The molecule has 0 fully saturated rings. The molecule has 0 amide bonds. The number of hydrogen-bond donors (Lipinski definition) is 2. The zero-order valence-electron chi connectivity index (χ0n) is 15.8. The number of nitrogens with zero attached hydrogens (tertiary/aromatic N) is 2. The number of esters is 1. The van der Waals surface area contributed by atoms with E-state index in [2.05, 4.69) is 20.6 Å². The molecule has 0 saturated carbocycles. The van der Waals surface area contributed by atoms with Crippen molar-refractivity contribution in [3.8, 4) is 11.3 Å². The van der Waals surface area contributed by atoms with Gasteiger partial charge in [0.1, 0.15) is 5.82 Å². The second-order valence-corrected chi connectivity index (χ2v) is 5.91. The molecule has 0 bridgehead atoms. The van der Waals surface area contributed by atoms with Gasteiger partial charge in [-0.1, -0.05) is 42.5 Å². The van der Waals surface area contributed by atoms with Gasteiger partial charge < -0.3 is 20.1 Å². The lowest BCUT2D eigenvalue weighted by Crippen LogP contribution is -2.12. The van der Waals surface area contributed by atoms with Crippen LogP contribution in [-0.4, -0.2) is 43.3 Å². The summed E-state index contributed by atoms with van der Waals surface area (Å²) in [5, 5.41) is 6.36. The first kappa shape index (κ1) is 19.3. The van der Waals surface area contributed by atoms with Crippen LogP contribution in [0.4, 0.5) is 17.5 Å². The fraction of sp³-hybridized carbons (Fsp3) is 0.190. The molecular formula is C21H22N4O3. The van der Waals surface area contributed by atoms with Gasteiger partial charge in [-0.05, 0) is 12.1 Å². The van der Waals surface area contributed by atoms with Crippen molar-refractivity contribution in [2.24, 2.45) is 0 Å². The first-order valence-corrected chi connectivity index (χ1v) is 8.83. The van der Waals surface area contributed by atoms with Crippen LogP contribution < -0.4 is 10.6 Å². The van der Waals surface area contributed by atoms with Crippen LogP contribution in [-0.2, 0) is 9.47 Å². The predicted molar refractivity (Wildman–Crippen MR) is 109 cm³/mol. The van der Waals surface area contributed by atoms with Gasteiger partial charge in [0.2, 0.25) is 5.95 Å². The SMILES string of the molecule is COCCNc1nc(Nc2ccccc2C(=O)OC)cc(-c2ccccc2)n1. The molecule has 2 aromatic carbocycles. The van der Waals surface area contributed by atoms with Crippen LogP contribution in [0.25, 0.3) is 11.3 Å². The highest BCUT2D eigenvalue weighted by atomic mass is 16.5. The van der Waals surface area contributed by atoms with Gasteiger partial charge in [-0.3, -0.25) is 0 Å². The van der Waals surface area contributed by atoms with E-state index in [1.807, 2.05) is 42.5 Å². The number of anilines is 3. The quantitative estimate of drug-likeness (QED) is 0.456. The van der Waals surface area contributed by atoms with E-state index in [1.165, 1.54) is 7.11 Å². The van der Waals surface area contributed by atoms with Gasteiger partial charge >= 0.3 is 5.97 Å². The summed E-state index contributed by atoms with van der Waals surface area (Å²) >= 11 is 0. The van der Waals surface area contributed by atoms with Gasteiger partial charge in [0.05, 0.1) is 30.7 Å². The summed E-state index contributed by atoms with van der Waals surface area (Å²) in [6.07, 6.45) is 0. The summed E-state index contributed by atoms with van der Waals surface area (Å²) in [7, 11) is 2.99. The number of hydrogen-bond acceptors (Lipinski definition) is 7. The molecule has 0 atom stereocenters. The van der Waals surface area contributed by atoms with Crippen molar-refractivity contribution in [2.75, 3.05) is 38.0 Å². The molecule has 0 saturated heterocycles. The van der Waals surface area contributed by atoms with Crippen molar-refractivity contribution in [1.82, 2.24) is 9.97 Å². The van der Waals surface area contributed by atoms with E-state index >= 15 is 0 Å². The van der Waals surface area contributed by atoms with E-state index in [9.17, 15) is 4.79 Å². The average molecular weight is 378 g/mol. The van der Waals surface area contributed by atoms with Crippen molar-refractivity contribution >= 4 is 23.4 Å². The Morgan fingerprint density at radius 3 is 2.50 bits per heavy atom. The molecule has 7 nitrogen and oxygen atoms in total. The smallest absolute Gasteiger partial charge is 0.339 e. The molecule has 144 valence electrons. The highest BCUT2D eigenvalue weighted by Gasteiger charge is 2.13. The van der Waals surface area contributed by atoms with Crippen molar-refractivity contribution in [3.63, 3.8) is 0 Å². The summed E-state index contributed by atoms with van der Waals surface area (Å²) in [5.74, 6) is 0.612. The summed E-state index contributed by atoms with van der Waals surface area (Å²) < 4.78 is 9.93. The van der Waals surface area contributed by atoms with Crippen molar-refractivity contribution in [3.05, 3.63) is 66.2 Å². The van der Waals surface area contributed by atoms with E-state index in [0.717, 1.165) is 11.3 Å². The minimum atomic E-state index is -0.418. The third kappa shape index (κ3) is 4.83. The molecule has 0 aliphatic heterocycles. The number of aromatic nitrogens is 2. The molecule has 0 unspecified atom stereocenters. The minimum Gasteiger partial charge on any atom is -0.465 e. The summed E-state index contributed by atoms with van der Waals surface area (Å²) in [6, 6.07) is 18.8. The fourth-order valence-corrected chi connectivity index (χ4v) is 2.63. The van der Waals surface area contributed by atoms with Crippen LogP contribution in [0.2, 0.25) is 0 Å². The van der Waals surface area contributed by atoms with Crippen LogP contribution >= 0.6 is 0 Å². The van der Waals surface area contributed by atoms with Crippen molar-refractivity contribution in [2.45, 2.75) is 0 Å². The van der Waals surface area contributed by atoms with E-state index in [-0.39, 0.29) is 0 Å². The molecule has 28 heavy (non-hydrogen) atoms. The Labute approximate surface area is 163 Å². The molecule has 3 aromatic rings. The maximum absolute atomic E-state index is 12.0. The zero-order chi connectivity index (χ0) is 19.8. The van der Waals surface area contributed by atoms with Gasteiger partial charge in [0.25, 0.3) is 0 Å². The van der Waals surface area contributed by atoms with E-state index < -0.39 is 5.97 Å². The molecule has 3 rings (SSSR count). The number of benzene rings is 2. The Hall–Kier alpha value is -3.45. The predicted octanol–water partition coefficient (Wildman–Crippen LogP) is 3.73. The van der Waals surface area contributed by atoms with Crippen molar-refractivity contribution < 1.29 is 14.3 Å². The van der Waals surface area contributed by atoms with Gasteiger partial charge in [-0.15, -0.1) is 0 Å². The molecule has 0 aliphatic rings. The van der Waals surface area contributed by atoms with Gasteiger partial charge in [0.15, 0.2) is 0 Å². The molecule has 0 radical (unpaired) electrons. The number of para-hydroxylation sites is 1. The molecule has 7 heteroatoms. The minimum absolute atomic E-state index is 0.418. The summed E-state index contributed by atoms with van der Waals surface area (Å²) in [4.78, 5) is 21.1. The van der Waals surface area contributed by atoms with E-state index in [0.29, 0.717) is 36.2 Å². The van der Waals surface area contributed by atoms with Gasteiger partial charge in [-0.25, -0.2) is 9.78 Å². The Bertz CT molecular complexity index is 932. The molecule has 0 aliphatic carbocycles. The average Bonchev–Trinajstić information content (AvgIpc) is 2.74. The Morgan fingerprint density at radius 1 is 1.00 bits per heavy atom. The maximum atomic E-state index is 12.0. The van der Waals surface area contributed by atoms with Crippen molar-refractivity contribution in [1.29, 1.82) is 0 Å². The number of methoxy groups -OCH3 is 2. The standard InChI is InChI=1S/C21H22N4O3/c1-27-13-12-22-21-24-18(15-8-4-3-5-9-15)14-19(25-21)23-17-11-7-6-10-16(17)20(26)28-2/h3-11,14H,12-13H2,1-2H3,(H2,22,23,24,25). The van der Waals surface area contributed by atoms with Crippen LogP contribution in [0.1, 0.15) is 10.4 Å². The van der Waals surface area contributed by atoms with Gasteiger partial charge in [0, 0.05) is 25.3 Å². The molecule has 1 heterocycles. The number of rotatable bonds is 8. The van der Waals surface area contributed by atoms with Crippen LogP contribution in [0, 0.1) is 0 Å². The van der Waals surface area contributed by atoms with Gasteiger partial charge in [-0.2, -0.15) is 4.98 Å². The van der Waals surface area contributed by atoms with Crippen LogP contribution in [0.5, 0.6) is 0 Å². The maximum Gasteiger partial charge on any atom is 0.339 e. The second kappa shape index (κ2) is 9.48. The third-order valence-electron chi connectivity index (χ3n) is 3.98. The monoisotopic (exact) mass is 378 g/mol. The first-order chi connectivity index (χ1) is 13.7. The van der Waals surface area contributed by atoms with E-state index in [4.69, 9.17) is 9.47 Å². The fourth-order valence-electron chi connectivity index (χ4n) is 2.63. The molecule has 1 aromatic heterocycles. The molecule has 0 spiro atoms. The summed E-state index contributed by atoms with van der Waals surface area (Å²) in [6.45, 7) is 1.11. The topological polar surface area (TPSA) is 85.4 Å². The lowest BCUT2D eigenvalue weighted by molar-refractivity contribution is 0.0602. The highest BCUT2D eigenvalue weighted by molar-refractivity contribution is 5.96. The number of ether oxygens (including phenoxy) is 2. The molecule has 2 N–H and O–H groups in total. The number of carbonyl (C=O) groups is 1. The Kier molecular flexibility index (Phi) is 6.54. The van der Waals surface area contributed by atoms with E-state index in [1.54, 1.807) is 25.3 Å². The Balaban J connectivity index is 1.96. The summed E-state index contributed by atoms with van der Waals surface area (Å²) in [5.41, 5.74) is 2.76. The number of carbonyl (C=O) groups excluding carboxylic acids is 1. The van der Waals surface area contributed by atoms with Crippen LogP contribution in [0.3, 0.4) is 0 Å².